The molecule has 0 amide bonds. The number of methoxy groups -OCH3 is 2. The van der Waals surface area contributed by atoms with Crippen LogP contribution in [0.25, 0.3) is 0 Å². The molecule has 110 valence electrons. The lowest BCUT2D eigenvalue weighted by atomic mass is 10.0. The molecular formula is C13H15ClO6. The van der Waals surface area contributed by atoms with Crippen LogP contribution in [0.15, 0.2) is 6.07 Å². The van der Waals surface area contributed by atoms with Crippen LogP contribution >= 0.6 is 11.6 Å². The minimum absolute atomic E-state index is 0.00457. The second kappa shape index (κ2) is 7.12. The molecule has 0 aliphatic heterocycles. The summed E-state index contributed by atoms with van der Waals surface area (Å²) in [6.07, 6.45) is -1.10. The molecule has 7 heteroatoms. The third-order valence-corrected chi connectivity index (χ3v) is 2.88. The molecule has 0 fully saturated rings. The largest absolute Gasteiger partial charge is 0.492 e. The predicted octanol–water partition coefficient (Wildman–Crippen LogP) is 1.77. The van der Waals surface area contributed by atoms with Crippen LogP contribution in [0.5, 0.6) is 11.5 Å². The highest BCUT2D eigenvalue weighted by atomic mass is 35.5. The van der Waals surface area contributed by atoms with Gasteiger partial charge in [0.15, 0.2) is 23.9 Å². The molecule has 6 nitrogen and oxygen atoms in total. The average molecular weight is 303 g/mol. The lowest BCUT2D eigenvalue weighted by molar-refractivity contribution is -0.153. The lowest BCUT2D eigenvalue weighted by Gasteiger charge is -2.18. The maximum absolute atomic E-state index is 11.6. The molecule has 1 atom stereocenters. The first kappa shape index (κ1) is 16.3. The highest BCUT2D eigenvalue weighted by Crippen LogP contribution is 2.42. The molecule has 1 aromatic carbocycles. The molecule has 0 radical (unpaired) electrons. The molecule has 0 saturated carbocycles. The minimum atomic E-state index is -1.63. The number of hydrogen-bond donors (Lipinski definition) is 1. The Kier molecular flexibility index (Phi) is 5.79. The normalized spacial score (nSPS) is 11.7. The summed E-state index contributed by atoms with van der Waals surface area (Å²) in [6, 6.07) is 1.29. The number of carbonyl (C=O) groups excluding carboxylic acids is 2. The van der Waals surface area contributed by atoms with Crippen molar-refractivity contribution in [3.8, 4) is 11.5 Å². The number of hydrogen-bond acceptors (Lipinski definition) is 6. The second-order valence-corrected chi connectivity index (χ2v) is 4.11. The van der Waals surface area contributed by atoms with Crippen LogP contribution in [0, 0.1) is 0 Å². The highest BCUT2D eigenvalue weighted by molar-refractivity contribution is 6.32. The maximum atomic E-state index is 11.6. The van der Waals surface area contributed by atoms with Crippen molar-refractivity contribution in [3.63, 3.8) is 0 Å². The molecular weight excluding hydrogens is 288 g/mol. The number of ether oxygens (including phenoxy) is 3. The number of aldehydes is 1. The van der Waals surface area contributed by atoms with Gasteiger partial charge in [-0.05, 0) is 13.0 Å². The van der Waals surface area contributed by atoms with Crippen molar-refractivity contribution >= 4 is 23.9 Å². The van der Waals surface area contributed by atoms with Crippen molar-refractivity contribution in [1.82, 2.24) is 0 Å². The summed E-state index contributed by atoms with van der Waals surface area (Å²) in [7, 11) is 2.64. The maximum Gasteiger partial charge on any atom is 0.339 e. The first-order valence-corrected chi connectivity index (χ1v) is 6.13. The van der Waals surface area contributed by atoms with Crippen molar-refractivity contribution in [2.45, 2.75) is 13.0 Å². The number of benzene rings is 1. The third-order valence-electron chi connectivity index (χ3n) is 2.57. The smallest absolute Gasteiger partial charge is 0.339 e. The molecule has 1 unspecified atom stereocenters. The van der Waals surface area contributed by atoms with E-state index in [0.717, 1.165) is 0 Å². The third kappa shape index (κ3) is 3.02. The van der Waals surface area contributed by atoms with Gasteiger partial charge in [0.2, 0.25) is 0 Å². The molecule has 0 aliphatic rings. The van der Waals surface area contributed by atoms with E-state index in [2.05, 4.69) is 0 Å². The van der Waals surface area contributed by atoms with Gasteiger partial charge in [-0.3, -0.25) is 4.79 Å². The van der Waals surface area contributed by atoms with E-state index in [4.69, 9.17) is 25.8 Å². The van der Waals surface area contributed by atoms with Crippen LogP contribution in [0.3, 0.4) is 0 Å². The van der Waals surface area contributed by atoms with Gasteiger partial charge in [0.05, 0.1) is 37.0 Å². The monoisotopic (exact) mass is 302 g/mol. The molecule has 20 heavy (non-hydrogen) atoms. The number of aliphatic hydroxyl groups is 1. The fourth-order valence-electron chi connectivity index (χ4n) is 1.74. The van der Waals surface area contributed by atoms with Gasteiger partial charge in [-0.25, -0.2) is 4.79 Å². The molecule has 0 saturated heterocycles. The van der Waals surface area contributed by atoms with Crippen LogP contribution in [-0.2, 0) is 9.53 Å². The Morgan fingerprint density at radius 1 is 1.40 bits per heavy atom. The zero-order valence-electron chi connectivity index (χ0n) is 11.3. The van der Waals surface area contributed by atoms with Gasteiger partial charge >= 0.3 is 5.97 Å². The summed E-state index contributed by atoms with van der Waals surface area (Å²) in [5, 5.41) is 10.0. The standard InChI is InChI=1S/C13H15ClO6/c1-4-20-13(17)10(16)9-8(14)5-7(6-15)11(18-2)12(9)19-3/h5-6,10,16H,4H2,1-3H3. The van der Waals surface area contributed by atoms with Gasteiger partial charge in [0.25, 0.3) is 0 Å². The van der Waals surface area contributed by atoms with Crippen molar-refractivity contribution in [2.24, 2.45) is 0 Å². The van der Waals surface area contributed by atoms with Gasteiger partial charge in [0.1, 0.15) is 0 Å². The van der Waals surface area contributed by atoms with Gasteiger partial charge < -0.3 is 19.3 Å². The van der Waals surface area contributed by atoms with Crippen molar-refractivity contribution < 1.29 is 28.9 Å². The van der Waals surface area contributed by atoms with E-state index in [1.807, 2.05) is 0 Å². The Balaban J connectivity index is 3.45. The minimum Gasteiger partial charge on any atom is -0.492 e. The summed E-state index contributed by atoms with van der Waals surface area (Å²) >= 11 is 6.00. The molecule has 0 aliphatic carbocycles. The van der Waals surface area contributed by atoms with Crippen LogP contribution in [-0.4, -0.2) is 38.2 Å². The average Bonchev–Trinajstić information content (AvgIpc) is 2.45. The quantitative estimate of drug-likeness (QED) is 0.637. The topological polar surface area (TPSA) is 82.1 Å². The van der Waals surface area contributed by atoms with E-state index >= 15 is 0 Å². The number of aliphatic hydroxyl groups excluding tert-OH is 1. The Morgan fingerprint density at radius 2 is 2.00 bits per heavy atom. The van der Waals surface area contributed by atoms with Crippen LogP contribution in [0.2, 0.25) is 5.02 Å². The molecule has 0 heterocycles. The molecule has 1 aromatic rings. The number of halogens is 1. The Morgan fingerprint density at radius 3 is 2.45 bits per heavy atom. The highest BCUT2D eigenvalue weighted by Gasteiger charge is 2.29. The summed E-state index contributed by atoms with van der Waals surface area (Å²) in [5.41, 5.74) is 0.143. The van der Waals surface area contributed by atoms with Gasteiger partial charge in [-0.1, -0.05) is 11.6 Å². The van der Waals surface area contributed by atoms with Crippen LogP contribution in [0.4, 0.5) is 0 Å². The molecule has 1 N–H and O–H groups in total. The van der Waals surface area contributed by atoms with E-state index in [0.29, 0.717) is 6.29 Å². The van der Waals surface area contributed by atoms with Crippen LogP contribution < -0.4 is 9.47 Å². The molecule has 1 rings (SSSR count). The second-order valence-electron chi connectivity index (χ2n) is 3.70. The summed E-state index contributed by atoms with van der Waals surface area (Å²) in [4.78, 5) is 22.6. The van der Waals surface area contributed by atoms with E-state index in [1.54, 1.807) is 6.92 Å². The first-order valence-electron chi connectivity index (χ1n) is 5.76. The van der Waals surface area contributed by atoms with Crippen molar-refractivity contribution in [2.75, 3.05) is 20.8 Å². The summed E-state index contributed by atoms with van der Waals surface area (Å²) in [5.74, 6) is -0.762. The van der Waals surface area contributed by atoms with Gasteiger partial charge in [-0.15, -0.1) is 0 Å². The van der Waals surface area contributed by atoms with Gasteiger partial charge in [-0.2, -0.15) is 0 Å². The number of carbonyl (C=O) groups is 2. The zero-order valence-corrected chi connectivity index (χ0v) is 12.1. The van der Waals surface area contributed by atoms with E-state index in [9.17, 15) is 14.7 Å². The number of esters is 1. The summed E-state index contributed by atoms with van der Waals surface area (Å²) < 4.78 is 14.9. The number of rotatable bonds is 6. The molecule has 0 aromatic heterocycles. The van der Waals surface area contributed by atoms with Crippen molar-refractivity contribution in [3.05, 3.63) is 22.2 Å². The fourth-order valence-corrected chi connectivity index (χ4v) is 2.04. The predicted molar refractivity (Wildman–Crippen MR) is 71.5 cm³/mol. The lowest BCUT2D eigenvalue weighted by Crippen LogP contribution is -2.17. The Bertz CT molecular complexity index is 514. The Hall–Kier alpha value is -1.79. The SMILES string of the molecule is CCOC(=O)C(O)c1c(Cl)cc(C=O)c(OC)c1OC. The van der Waals surface area contributed by atoms with E-state index < -0.39 is 12.1 Å². The first-order chi connectivity index (χ1) is 9.51. The van der Waals surface area contributed by atoms with Crippen molar-refractivity contribution in [1.29, 1.82) is 0 Å². The van der Waals surface area contributed by atoms with Crippen LogP contribution in [0.1, 0.15) is 28.9 Å². The van der Waals surface area contributed by atoms with Gasteiger partial charge in [0, 0.05) is 0 Å². The summed E-state index contributed by atoms with van der Waals surface area (Å²) in [6.45, 7) is 1.72. The Labute approximate surface area is 121 Å². The van der Waals surface area contributed by atoms with E-state index in [1.165, 1.54) is 20.3 Å². The van der Waals surface area contributed by atoms with E-state index in [-0.39, 0.29) is 34.3 Å². The molecule has 0 bridgehead atoms. The fraction of sp³-hybridized carbons (Fsp3) is 0.385. The zero-order chi connectivity index (χ0) is 15.3. The molecule has 0 spiro atoms.